The maximum atomic E-state index is 6.14. The average Bonchev–Trinajstić information content (AvgIpc) is 2.59. The number of hydrogen-bond donors (Lipinski definition) is 2. The minimum Gasteiger partial charge on any atom is -0.495 e. The van der Waals surface area contributed by atoms with E-state index in [2.05, 4.69) is 20.6 Å². The summed E-state index contributed by atoms with van der Waals surface area (Å²) >= 11 is 6.14. The molecule has 0 bridgehead atoms. The molecule has 0 amide bonds. The quantitative estimate of drug-likeness (QED) is 0.656. The van der Waals surface area contributed by atoms with Crippen molar-refractivity contribution in [3.63, 3.8) is 0 Å². The molecule has 0 saturated heterocycles. The lowest BCUT2D eigenvalue weighted by atomic mass is 10.2. The molecule has 8 heteroatoms. The van der Waals surface area contributed by atoms with Crippen LogP contribution in [0.4, 0.5) is 17.3 Å². The van der Waals surface area contributed by atoms with Crippen LogP contribution < -0.4 is 20.1 Å². The summed E-state index contributed by atoms with van der Waals surface area (Å²) in [5, 5.41) is 6.96. The van der Waals surface area contributed by atoms with Crippen molar-refractivity contribution < 1.29 is 14.2 Å². The first-order valence-electron chi connectivity index (χ1n) is 7.84. The summed E-state index contributed by atoms with van der Waals surface area (Å²) in [6.07, 6.45) is 0.893. The van der Waals surface area contributed by atoms with Gasteiger partial charge in [-0.1, -0.05) is 11.6 Å². The number of rotatable bonds is 9. The summed E-state index contributed by atoms with van der Waals surface area (Å²) in [4.78, 5) is 8.79. The van der Waals surface area contributed by atoms with Crippen molar-refractivity contribution in [1.29, 1.82) is 0 Å². The Morgan fingerprint density at radius 1 is 1.00 bits per heavy atom. The molecule has 0 radical (unpaired) electrons. The molecule has 1 aromatic carbocycles. The molecule has 2 aromatic rings. The van der Waals surface area contributed by atoms with Gasteiger partial charge in [-0.2, -0.15) is 0 Å². The summed E-state index contributed by atoms with van der Waals surface area (Å²) in [7, 11) is 4.83. The molecule has 0 aliphatic carbocycles. The van der Waals surface area contributed by atoms with E-state index in [1.165, 1.54) is 0 Å². The maximum Gasteiger partial charge on any atom is 0.144 e. The predicted octanol–water partition coefficient (Wildman–Crippen LogP) is 3.65. The predicted molar refractivity (Wildman–Crippen MR) is 99.6 cm³/mol. The van der Waals surface area contributed by atoms with Crippen LogP contribution in [0.15, 0.2) is 18.2 Å². The van der Waals surface area contributed by atoms with Gasteiger partial charge in [0.25, 0.3) is 0 Å². The first-order chi connectivity index (χ1) is 12.1. The number of aromatic nitrogens is 2. The molecular formula is C17H23ClN4O3. The summed E-state index contributed by atoms with van der Waals surface area (Å²) in [6, 6.07) is 5.30. The van der Waals surface area contributed by atoms with E-state index < -0.39 is 0 Å². The molecule has 0 aliphatic rings. The van der Waals surface area contributed by atoms with Gasteiger partial charge < -0.3 is 24.8 Å². The van der Waals surface area contributed by atoms with E-state index in [0.717, 1.165) is 18.8 Å². The van der Waals surface area contributed by atoms with E-state index in [1.54, 1.807) is 33.5 Å². The van der Waals surface area contributed by atoms with Crippen LogP contribution in [0.2, 0.25) is 5.02 Å². The fourth-order valence-electron chi connectivity index (χ4n) is 2.25. The Morgan fingerprint density at radius 3 is 2.40 bits per heavy atom. The molecule has 2 N–H and O–H groups in total. The van der Waals surface area contributed by atoms with E-state index in [9.17, 15) is 0 Å². The number of aryl methyl sites for hydroxylation is 1. The highest BCUT2D eigenvalue weighted by atomic mass is 35.5. The minimum atomic E-state index is 0.476. The Kier molecular flexibility index (Phi) is 7.09. The molecule has 25 heavy (non-hydrogen) atoms. The van der Waals surface area contributed by atoms with Crippen molar-refractivity contribution in [1.82, 2.24) is 9.97 Å². The molecule has 0 atom stereocenters. The lowest BCUT2D eigenvalue weighted by Crippen LogP contribution is -2.08. The van der Waals surface area contributed by atoms with Crippen molar-refractivity contribution in [3.05, 3.63) is 29.0 Å². The highest BCUT2D eigenvalue weighted by molar-refractivity contribution is 6.32. The molecule has 1 aromatic heterocycles. The van der Waals surface area contributed by atoms with Crippen LogP contribution in [0.1, 0.15) is 12.2 Å². The number of halogens is 1. The van der Waals surface area contributed by atoms with Gasteiger partial charge in [0.05, 0.1) is 24.9 Å². The smallest absolute Gasteiger partial charge is 0.144 e. The highest BCUT2D eigenvalue weighted by Crippen LogP contribution is 2.37. The Balaban J connectivity index is 2.20. The van der Waals surface area contributed by atoms with Gasteiger partial charge in [-0.05, 0) is 13.3 Å². The second kappa shape index (κ2) is 9.29. The third-order valence-electron chi connectivity index (χ3n) is 3.41. The van der Waals surface area contributed by atoms with Crippen LogP contribution in [-0.2, 0) is 4.74 Å². The van der Waals surface area contributed by atoms with Crippen molar-refractivity contribution >= 4 is 28.9 Å². The van der Waals surface area contributed by atoms with Gasteiger partial charge in [-0.3, -0.25) is 0 Å². The van der Waals surface area contributed by atoms with E-state index in [0.29, 0.717) is 40.5 Å². The number of ether oxygens (including phenoxy) is 3. The Bertz CT molecular complexity index is 713. The molecule has 0 unspecified atom stereocenters. The molecule has 136 valence electrons. The Hall–Kier alpha value is -2.25. The fraction of sp³-hybridized carbons (Fsp3) is 0.412. The zero-order chi connectivity index (χ0) is 18.2. The van der Waals surface area contributed by atoms with E-state index in [4.69, 9.17) is 25.8 Å². The van der Waals surface area contributed by atoms with E-state index in [-0.39, 0.29) is 0 Å². The number of benzene rings is 1. The van der Waals surface area contributed by atoms with Gasteiger partial charge in [0, 0.05) is 38.5 Å². The van der Waals surface area contributed by atoms with Gasteiger partial charge in [0.15, 0.2) is 0 Å². The number of nitrogens with zero attached hydrogens (tertiary/aromatic N) is 2. The fourth-order valence-corrected chi connectivity index (χ4v) is 2.48. The van der Waals surface area contributed by atoms with Crippen molar-refractivity contribution in [3.8, 4) is 11.5 Å². The zero-order valence-corrected chi connectivity index (χ0v) is 15.6. The van der Waals surface area contributed by atoms with Crippen LogP contribution >= 0.6 is 11.6 Å². The number of methoxy groups -OCH3 is 3. The molecule has 1 heterocycles. The van der Waals surface area contributed by atoms with Crippen LogP contribution in [-0.4, -0.2) is 44.4 Å². The largest absolute Gasteiger partial charge is 0.495 e. The number of anilines is 3. The zero-order valence-electron chi connectivity index (χ0n) is 14.9. The molecule has 0 spiro atoms. The number of hydrogen-bond acceptors (Lipinski definition) is 7. The van der Waals surface area contributed by atoms with Crippen LogP contribution in [0.3, 0.4) is 0 Å². The van der Waals surface area contributed by atoms with Crippen molar-refractivity contribution in [2.24, 2.45) is 0 Å². The van der Waals surface area contributed by atoms with Gasteiger partial charge in [-0.25, -0.2) is 9.97 Å². The van der Waals surface area contributed by atoms with Gasteiger partial charge in [-0.15, -0.1) is 0 Å². The first kappa shape index (κ1) is 19.1. The SMILES string of the molecule is COCCCNc1cc(Nc2cc(OC)c(Cl)cc2OC)nc(C)n1. The van der Waals surface area contributed by atoms with Crippen molar-refractivity contribution in [2.75, 3.05) is 45.1 Å². The second-order valence-corrected chi connectivity index (χ2v) is 5.68. The molecule has 7 nitrogen and oxygen atoms in total. The van der Waals surface area contributed by atoms with Gasteiger partial charge in [0.2, 0.25) is 0 Å². The third-order valence-corrected chi connectivity index (χ3v) is 3.70. The average molecular weight is 367 g/mol. The van der Waals surface area contributed by atoms with Crippen LogP contribution in [0, 0.1) is 6.92 Å². The van der Waals surface area contributed by atoms with Crippen LogP contribution in [0.5, 0.6) is 11.5 Å². The topological polar surface area (TPSA) is 77.5 Å². The van der Waals surface area contributed by atoms with E-state index in [1.807, 2.05) is 13.0 Å². The minimum absolute atomic E-state index is 0.476. The highest BCUT2D eigenvalue weighted by Gasteiger charge is 2.11. The molecular weight excluding hydrogens is 344 g/mol. The normalized spacial score (nSPS) is 10.4. The summed E-state index contributed by atoms with van der Waals surface area (Å²) in [5.74, 6) is 3.18. The second-order valence-electron chi connectivity index (χ2n) is 5.27. The number of nitrogens with one attached hydrogen (secondary N) is 2. The Labute approximate surface area is 152 Å². The van der Waals surface area contributed by atoms with Crippen LogP contribution in [0.25, 0.3) is 0 Å². The van der Waals surface area contributed by atoms with E-state index >= 15 is 0 Å². The molecule has 0 saturated carbocycles. The summed E-state index contributed by atoms with van der Waals surface area (Å²) in [5.41, 5.74) is 0.701. The molecule has 0 fully saturated rings. The molecule has 2 rings (SSSR count). The first-order valence-corrected chi connectivity index (χ1v) is 8.22. The van der Waals surface area contributed by atoms with Crippen molar-refractivity contribution in [2.45, 2.75) is 13.3 Å². The van der Waals surface area contributed by atoms with Gasteiger partial charge in [0.1, 0.15) is 29.0 Å². The van der Waals surface area contributed by atoms with Gasteiger partial charge >= 0.3 is 0 Å². The lowest BCUT2D eigenvalue weighted by Gasteiger charge is -2.14. The summed E-state index contributed by atoms with van der Waals surface area (Å²) < 4.78 is 15.7. The lowest BCUT2D eigenvalue weighted by molar-refractivity contribution is 0.198. The molecule has 0 aliphatic heterocycles. The maximum absolute atomic E-state index is 6.14. The third kappa shape index (κ3) is 5.37. The monoisotopic (exact) mass is 366 g/mol. The standard InChI is InChI=1S/C17H23ClN4O3/c1-11-20-16(19-6-5-7-23-2)10-17(21-11)22-13-9-14(24-3)12(18)8-15(13)25-4/h8-10H,5-7H2,1-4H3,(H2,19,20,21,22). The summed E-state index contributed by atoms with van der Waals surface area (Å²) in [6.45, 7) is 3.30. The Morgan fingerprint density at radius 2 is 1.72 bits per heavy atom.